The van der Waals surface area contributed by atoms with Crippen LogP contribution in [-0.4, -0.2) is 32.1 Å². The van der Waals surface area contributed by atoms with Crippen LogP contribution in [0.15, 0.2) is 18.2 Å². The molecule has 0 unspecified atom stereocenters. The SMILES string of the molecule is COc1ccc(OC)c([C@@H]2CCCN2C=O)c1. The second kappa shape index (κ2) is 5.08. The molecule has 92 valence electrons. The lowest BCUT2D eigenvalue weighted by Gasteiger charge is -2.22. The Hall–Kier alpha value is -1.71. The Labute approximate surface area is 101 Å². The first-order valence-electron chi connectivity index (χ1n) is 5.73. The standard InChI is InChI=1S/C13H17NO3/c1-16-10-5-6-13(17-2)11(8-10)12-4-3-7-14(12)9-15/h5-6,8-9,12H,3-4,7H2,1-2H3/t12-/m0/s1. The van der Waals surface area contributed by atoms with Gasteiger partial charge in [0, 0.05) is 12.1 Å². The third-order valence-electron chi connectivity index (χ3n) is 3.23. The van der Waals surface area contributed by atoms with Crippen LogP contribution < -0.4 is 9.47 Å². The molecule has 1 saturated heterocycles. The van der Waals surface area contributed by atoms with Crippen LogP contribution in [0.1, 0.15) is 24.4 Å². The van der Waals surface area contributed by atoms with E-state index in [0.717, 1.165) is 42.9 Å². The summed E-state index contributed by atoms with van der Waals surface area (Å²) >= 11 is 0. The lowest BCUT2D eigenvalue weighted by molar-refractivity contribution is -0.118. The molecule has 17 heavy (non-hydrogen) atoms. The molecule has 1 amide bonds. The van der Waals surface area contributed by atoms with Gasteiger partial charge in [-0.1, -0.05) is 0 Å². The average Bonchev–Trinajstić information content (AvgIpc) is 2.86. The van der Waals surface area contributed by atoms with Crippen molar-refractivity contribution in [1.29, 1.82) is 0 Å². The number of benzene rings is 1. The minimum atomic E-state index is 0.109. The Morgan fingerprint density at radius 2 is 2.18 bits per heavy atom. The minimum absolute atomic E-state index is 0.109. The van der Waals surface area contributed by atoms with Crippen LogP contribution in [0, 0.1) is 0 Å². The number of hydrogen-bond donors (Lipinski definition) is 0. The summed E-state index contributed by atoms with van der Waals surface area (Å²) in [4.78, 5) is 12.8. The van der Waals surface area contributed by atoms with E-state index in [1.165, 1.54) is 0 Å². The van der Waals surface area contributed by atoms with Gasteiger partial charge in [-0.3, -0.25) is 4.79 Å². The highest BCUT2D eigenvalue weighted by Gasteiger charge is 2.27. The van der Waals surface area contributed by atoms with Crippen LogP contribution in [0.25, 0.3) is 0 Å². The molecule has 1 aromatic carbocycles. The van der Waals surface area contributed by atoms with Crippen molar-refractivity contribution < 1.29 is 14.3 Å². The molecule has 1 fully saturated rings. The minimum Gasteiger partial charge on any atom is -0.497 e. The maximum Gasteiger partial charge on any atom is 0.210 e. The number of carbonyl (C=O) groups excluding carboxylic acids is 1. The van der Waals surface area contributed by atoms with Gasteiger partial charge in [-0.25, -0.2) is 0 Å². The van der Waals surface area contributed by atoms with Crippen LogP contribution in [0.4, 0.5) is 0 Å². The van der Waals surface area contributed by atoms with E-state index in [-0.39, 0.29) is 6.04 Å². The van der Waals surface area contributed by atoms with E-state index >= 15 is 0 Å². The number of rotatable bonds is 4. The van der Waals surface area contributed by atoms with Crippen molar-refractivity contribution in [1.82, 2.24) is 4.90 Å². The topological polar surface area (TPSA) is 38.8 Å². The van der Waals surface area contributed by atoms with E-state index in [0.29, 0.717) is 0 Å². The molecule has 4 nitrogen and oxygen atoms in total. The Morgan fingerprint density at radius 3 is 2.82 bits per heavy atom. The van der Waals surface area contributed by atoms with E-state index < -0.39 is 0 Å². The normalized spacial score (nSPS) is 19.2. The smallest absolute Gasteiger partial charge is 0.210 e. The molecular weight excluding hydrogens is 218 g/mol. The third kappa shape index (κ3) is 2.20. The van der Waals surface area contributed by atoms with Crippen LogP contribution in [-0.2, 0) is 4.79 Å². The van der Waals surface area contributed by atoms with Crippen molar-refractivity contribution in [3.8, 4) is 11.5 Å². The zero-order valence-electron chi connectivity index (χ0n) is 10.2. The van der Waals surface area contributed by atoms with E-state index in [1.54, 1.807) is 14.2 Å². The predicted molar refractivity (Wildman–Crippen MR) is 64.3 cm³/mol. The maximum atomic E-state index is 11.0. The second-order valence-electron chi connectivity index (χ2n) is 4.11. The number of carbonyl (C=O) groups is 1. The summed E-state index contributed by atoms with van der Waals surface area (Å²) in [6.07, 6.45) is 2.92. The quantitative estimate of drug-likeness (QED) is 0.749. The fraction of sp³-hybridized carbons (Fsp3) is 0.462. The first kappa shape index (κ1) is 11.8. The molecule has 1 aliphatic rings. The van der Waals surface area contributed by atoms with Gasteiger partial charge in [0.1, 0.15) is 11.5 Å². The molecule has 0 bridgehead atoms. The van der Waals surface area contributed by atoms with E-state index in [4.69, 9.17) is 9.47 Å². The molecule has 1 aliphatic heterocycles. The van der Waals surface area contributed by atoms with Crippen molar-refractivity contribution >= 4 is 6.41 Å². The Kier molecular flexibility index (Phi) is 3.52. The maximum absolute atomic E-state index is 11.0. The molecular formula is C13H17NO3. The van der Waals surface area contributed by atoms with Gasteiger partial charge in [-0.15, -0.1) is 0 Å². The summed E-state index contributed by atoms with van der Waals surface area (Å²) in [6.45, 7) is 0.814. The molecule has 2 rings (SSSR count). The summed E-state index contributed by atoms with van der Waals surface area (Å²) < 4.78 is 10.6. The molecule has 1 atom stereocenters. The van der Waals surface area contributed by atoms with Gasteiger partial charge >= 0.3 is 0 Å². The Bertz CT molecular complexity index is 406. The summed E-state index contributed by atoms with van der Waals surface area (Å²) in [6, 6.07) is 5.81. The molecule has 4 heteroatoms. The van der Waals surface area contributed by atoms with Crippen LogP contribution in [0.3, 0.4) is 0 Å². The first-order chi connectivity index (χ1) is 8.30. The van der Waals surface area contributed by atoms with E-state index in [1.807, 2.05) is 23.1 Å². The molecule has 0 saturated carbocycles. The zero-order valence-corrected chi connectivity index (χ0v) is 10.2. The van der Waals surface area contributed by atoms with Crippen molar-refractivity contribution in [2.75, 3.05) is 20.8 Å². The number of ether oxygens (including phenoxy) is 2. The zero-order chi connectivity index (χ0) is 12.3. The highest BCUT2D eigenvalue weighted by molar-refractivity contribution is 5.52. The van der Waals surface area contributed by atoms with Gasteiger partial charge in [0.2, 0.25) is 6.41 Å². The van der Waals surface area contributed by atoms with Crippen molar-refractivity contribution in [2.45, 2.75) is 18.9 Å². The van der Waals surface area contributed by atoms with Crippen LogP contribution >= 0.6 is 0 Å². The van der Waals surface area contributed by atoms with Crippen molar-refractivity contribution in [2.24, 2.45) is 0 Å². The lowest BCUT2D eigenvalue weighted by Crippen LogP contribution is -2.21. The molecule has 0 aromatic heterocycles. The van der Waals surface area contributed by atoms with Gasteiger partial charge in [-0.2, -0.15) is 0 Å². The molecule has 1 aromatic rings. The van der Waals surface area contributed by atoms with Crippen molar-refractivity contribution in [3.63, 3.8) is 0 Å². The summed E-state index contributed by atoms with van der Waals surface area (Å²) in [5.41, 5.74) is 1.02. The van der Waals surface area contributed by atoms with Crippen LogP contribution in [0.2, 0.25) is 0 Å². The molecule has 0 N–H and O–H groups in total. The average molecular weight is 235 g/mol. The number of amides is 1. The van der Waals surface area contributed by atoms with E-state index in [9.17, 15) is 4.79 Å². The summed E-state index contributed by atoms with van der Waals surface area (Å²) in [7, 11) is 3.28. The number of methoxy groups -OCH3 is 2. The molecule has 0 radical (unpaired) electrons. The fourth-order valence-corrected chi connectivity index (χ4v) is 2.35. The summed E-state index contributed by atoms with van der Waals surface area (Å²) in [5, 5.41) is 0. The monoisotopic (exact) mass is 235 g/mol. The fourth-order valence-electron chi connectivity index (χ4n) is 2.35. The second-order valence-corrected chi connectivity index (χ2v) is 4.11. The summed E-state index contributed by atoms with van der Waals surface area (Å²) in [5.74, 6) is 1.60. The molecule has 1 heterocycles. The molecule has 0 spiro atoms. The van der Waals surface area contributed by atoms with Gasteiger partial charge in [0.05, 0.1) is 20.3 Å². The van der Waals surface area contributed by atoms with Gasteiger partial charge < -0.3 is 14.4 Å². The highest BCUT2D eigenvalue weighted by Crippen LogP contribution is 2.37. The Balaban J connectivity index is 2.37. The van der Waals surface area contributed by atoms with E-state index in [2.05, 4.69) is 0 Å². The predicted octanol–water partition coefficient (Wildman–Crippen LogP) is 2.00. The number of likely N-dealkylation sites (tertiary alicyclic amines) is 1. The molecule has 0 aliphatic carbocycles. The van der Waals surface area contributed by atoms with Crippen molar-refractivity contribution in [3.05, 3.63) is 23.8 Å². The van der Waals surface area contributed by atoms with Gasteiger partial charge in [-0.05, 0) is 31.0 Å². The number of hydrogen-bond acceptors (Lipinski definition) is 3. The Morgan fingerprint density at radius 1 is 1.35 bits per heavy atom. The third-order valence-corrected chi connectivity index (χ3v) is 3.23. The van der Waals surface area contributed by atoms with Crippen LogP contribution in [0.5, 0.6) is 11.5 Å². The highest BCUT2D eigenvalue weighted by atomic mass is 16.5. The first-order valence-corrected chi connectivity index (χ1v) is 5.73. The van der Waals surface area contributed by atoms with Gasteiger partial charge in [0.15, 0.2) is 0 Å². The number of nitrogens with zero attached hydrogens (tertiary/aromatic N) is 1. The lowest BCUT2D eigenvalue weighted by atomic mass is 10.0. The largest absolute Gasteiger partial charge is 0.497 e. The van der Waals surface area contributed by atoms with Gasteiger partial charge in [0.25, 0.3) is 0 Å².